The van der Waals surface area contributed by atoms with E-state index in [9.17, 15) is 13.2 Å². The molecule has 1 rings (SSSR count). The summed E-state index contributed by atoms with van der Waals surface area (Å²) in [6.07, 6.45) is 0.625. The van der Waals surface area contributed by atoms with Crippen LogP contribution in [-0.4, -0.2) is 45.6 Å². The Morgan fingerprint density at radius 1 is 1.50 bits per heavy atom. The van der Waals surface area contributed by atoms with Crippen LogP contribution >= 0.6 is 0 Å². The van der Waals surface area contributed by atoms with E-state index in [1.807, 2.05) is 0 Å². The summed E-state index contributed by atoms with van der Waals surface area (Å²) in [5.41, 5.74) is -0.624. The van der Waals surface area contributed by atoms with Crippen molar-refractivity contribution in [1.29, 1.82) is 0 Å². The lowest BCUT2D eigenvalue weighted by molar-refractivity contribution is -0.150. The van der Waals surface area contributed by atoms with Gasteiger partial charge in [-0.25, -0.2) is 8.42 Å². The Hall–Kier alpha value is -0.620. The molecular weight excluding hydrogens is 230 g/mol. The number of nitrogens with one attached hydrogen (secondary N) is 1. The minimum absolute atomic E-state index is 0.0334. The molecule has 0 aromatic carbocycles. The number of hydrogen-bond acceptors (Lipinski definition) is 5. The Morgan fingerprint density at radius 2 is 2.12 bits per heavy atom. The van der Waals surface area contributed by atoms with E-state index in [0.717, 1.165) is 0 Å². The number of methoxy groups -OCH3 is 1. The molecule has 0 aliphatic carbocycles. The van der Waals surface area contributed by atoms with E-state index in [2.05, 4.69) is 10.1 Å². The number of sulfone groups is 1. The van der Waals surface area contributed by atoms with Crippen LogP contribution in [0, 0.1) is 5.41 Å². The van der Waals surface area contributed by atoms with Crippen LogP contribution in [0.25, 0.3) is 0 Å². The third kappa shape index (κ3) is 3.45. The summed E-state index contributed by atoms with van der Waals surface area (Å²) in [7, 11) is -1.52. The number of carbonyl (C=O) groups is 1. The van der Waals surface area contributed by atoms with Gasteiger partial charge in [-0.1, -0.05) is 0 Å². The van der Waals surface area contributed by atoms with Gasteiger partial charge in [0.05, 0.1) is 24.0 Å². The molecule has 0 spiro atoms. The highest BCUT2D eigenvalue weighted by molar-refractivity contribution is 7.91. The monoisotopic (exact) mass is 249 g/mol. The van der Waals surface area contributed by atoms with E-state index in [1.165, 1.54) is 7.11 Å². The van der Waals surface area contributed by atoms with Gasteiger partial charge in [-0.3, -0.25) is 4.79 Å². The lowest BCUT2D eigenvalue weighted by atomic mass is 9.93. The topological polar surface area (TPSA) is 72.5 Å². The Bertz CT molecular complexity index is 361. The van der Waals surface area contributed by atoms with E-state index >= 15 is 0 Å². The Balaban J connectivity index is 2.44. The fourth-order valence-corrected chi connectivity index (χ4v) is 3.41. The fraction of sp³-hybridized carbons (Fsp3) is 0.900. The van der Waals surface area contributed by atoms with Gasteiger partial charge in [-0.2, -0.15) is 0 Å². The third-order valence-corrected chi connectivity index (χ3v) is 4.57. The summed E-state index contributed by atoms with van der Waals surface area (Å²) < 4.78 is 27.1. The van der Waals surface area contributed by atoms with Crippen molar-refractivity contribution >= 4 is 15.8 Å². The molecule has 1 unspecified atom stereocenters. The van der Waals surface area contributed by atoms with E-state index in [0.29, 0.717) is 13.0 Å². The summed E-state index contributed by atoms with van der Waals surface area (Å²) in [5.74, 6) is 0.119. The van der Waals surface area contributed by atoms with Gasteiger partial charge in [-0.15, -0.1) is 0 Å². The molecule has 0 amide bonds. The van der Waals surface area contributed by atoms with E-state index < -0.39 is 15.3 Å². The number of rotatable bonds is 4. The lowest BCUT2D eigenvalue weighted by Crippen LogP contribution is -2.42. The first-order valence-electron chi connectivity index (χ1n) is 5.29. The van der Waals surface area contributed by atoms with Crippen molar-refractivity contribution in [1.82, 2.24) is 5.32 Å². The van der Waals surface area contributed by atoms with Gasteiger partial charge in [0.2, 0.25) is 0 Å². The average molecular weight is 249 g/mol. The van der Waals surface area contributed by atoms with Crippen LogP contribution in [0.15, 0.2) is 0 Å². The molecule has 0 aromatic heterocycles. The van der Waals surface area contributed by atoms with Crippen LogP contribution in [0.5, 0.6) is 0 Å². The van der Waals surface area contributed by atoms with E-state index in [1.54, 1.807) is 13.8 Å². The molecule has 6 heteroatoms. The molecule has 94 valence electrons. The zero-order valence-electron chi connectivity index (χ0n) is 9.95. The average Bonchev–Trinajstić information content (AvgIpc) is 2.54. The first kappa shape index (κ1) is 13.4. The summed E-state index contributed by atoms with van der Waals surface area (Å²) in [6, 6.07) is -0.0334. The Labute approximate surface area is 96.5 Å². The molecule has 0 aromatic rings. The molecule has 1 heterocycles. The van der Waals surface area contributed by atoms with Crippen LogP contribution in [0.1, 0.15) is 20.3 Å². The van der Waals surface area contributed by atoms with Gasteiger partial charge in [0.25, 0.3) is 0 Å². The summed E-state index contributed by atoms with van der Waals surface area (Å²) in [6.45, 7) is 3.98. The number of carbonyl (C=O) groups excluding carboxylic acids is 1. The Morgan fingerprint density at radius 3 is 2.56 bits per heavy atom. The SMILES string of the molecule is COC(=O)C(C)(C)CNC1CCS(=O)(=O)C1. The smallest absolute Gasteiger partial charge is 0.312 e. The standard InChI is InChI=1S/C10H19NO4S/c1-10(2,9(12)15-3)7-11-8-4-5-16(13,14)6-8/h8,11H,4-7H2,1-3H3. The molecule has 0 saturated carbocycles. The summed E-state index contributed by atoms with van der Waals surface area (Å²) in [4.78, 5) is 11.4. The molecular formula is C10H19NO4S. The molecule has 5 nitrogen and oxygen atoms in total. The van der Waals surface area contributed by atoms with Crippen LogP contribution in [0.2, 0.25) is 0 Å². The second-order valence-electron chi connectivity index (χ2n) is 4.86. The van der Waals surface area contributed by atoms with Gasteiger partial charge < -0.3 is 10.1 Å². The molecule has 0 radical (unpaired) electrons. The molecule has 1 saturated heterocycles. The molecule has 1 fully saturated rings. The highest BCUT2D eigenvalue weighted by Gasteiger charge is 2.32. The van der Waals surface area contributed by atoms with Gasteiger partial charge in [-0.05, 0) is 20.3 Å². The number of ether oxygens (including phenoxy) is 1. The predicted octanol–water partition coefficient (Wildman–Crippen LogP) is -0.0377. The van der Waals surface area contributed by atoms with Crippen LogP contribution in [0.3, 0.4) is 0 Å². The maximum Gasteiger partial charge on any atom is 0.312 e. The first-order valence-corrected chi connectivity index (χ1v) is 7.11. The number of hydrogen-bond donors (Lipinski definition) is 1. The van der Waals surface area contributed by atoms with Crippen LogP contribution in [0.4, 0.5) is 0 Å². The fourth-order valence-electron chi connectivity index (χ4n) is 1.70. The summed E-state index contributed by atoms with van der Waals surface area (Å²) >= 11 is 0. The second kappa shape index (κ2) is 4.71. The molecule has 1 aliphatic heterocycles. The van der Waals surface area contributed by atoms with Crippen LogP contribution < -0.4 is 5.32 Å². The van der Waals surface area contributed by atoms with E-state index in [-0.39, 0.29) is 23.5 Å². The Kier molecular flexibility index (Phi) is 3.96. The number of esters is 1. The van der Waals surface area contributed by atoms with Gasteiger partial charge in [0, 0.05) is 12.6 Å². The molecule has 16 heavy (non-hydrogen) atoms. The predicted molar refractivity (Wildman–Crippen MR) is 60.9 cm³/mol. The van der Waals surface area contributed by atoms with Crippen molar-refractivity contribution in [3.05, 3.63) is 0 Å². The van der Waals surface area contributed by atoms with Gasteiger partial charge >= 0.3 is 5.97 Å². The minimum Gasteiger partial charge on any atom is -0.469 e. The largest absolute Gasteiger partial charge is 0.469 e. The van der Waals surface area contributed by atoms with Crippen molar-refractivity contribution in [3.63, 3.8) is 0 Å². The normalized spacial score (nSPS) is 24.3. The third-order valence-electron chi connectivity index (χ3n) is 2.80. The van der Waals surface area contributed by atoms with Crippen molar-refractivity contribution in [2.24, 2.45) is 5.41 Å². The second-order valence-corrected chi connectivity index (χ2v) is 7.09. The van der Waals surface area contributed by atoms with Gasteiger partial charge in [0.15, 0.2) is 9.84 Å². The summed E-state index contributed by atoms with van der Waals surface area (Å²) in [5, 5.41) is 3.11. The van der Waals surface area contributed by atoms with Crippen molar-refractivity contribution in [3.8, 4) is 0 Å². The highest BCUT2D eigenvalue weighted by Crippen LogP contribution is 2.18. The van der Waals surface area contributed by atoms with Crippen molar-refractivity contribution in [2.45, 2.75) is 26.3 Å². The molecule has 1 aliphatic rings. The van der Waals surface area contributed by atoms with Gasteiger partial charge in [0.1, 0.15) is 0 Å². The maximum atomic E-state index is 11.4. The molecule has 1 N–H and O–H groups in total. The van der Waals surface area contributed by atoms with Crippen LogP contribution in [-0.2, 0) is 19.4 Å². The quantitative estimate of drug-likeness (QED) is 0.708. The first-order chi connectivity index (χ1) is 7.27. The van der Waals surface area contributed by atoms with Crippen molar-refractivity contribution in [2.75, 3.05) is 25.2 Å². The zero-order valence-corrected chi connectivity index (χ0v) is 10.8. The molecule has 0 bridgehead atoms. The van der Waals surface area contributed by atoms with E-state index in [4.69, 9.17) is 0 Å². The highest BCUT2D eigenvalue weighted by atomic mass is 32.2. The van der Waals surface area contributed by atoms with Crippen molar-refractivity contribution < 1.29 is 17.9 Å². The minimum atomic E-state index is -2.87. The zero-order chi connectivity index (χ0) is 12.4. The molecule has 1 atom stereocenters. The lowest BCUT2D eigenvalue weighted by Gasteiger charge is -2.23. The maximum absolute atomic E-state index is 11.4.